The van der Waals surface area contributed by atoms with E-state index in [-0.39, 0.29) is 17.8 Å². The van der Waals surface area contributed by atoms with Crippen molar-refractivity contribution in [3.05, 3.63) is 108 Å². The number of ether oxygens (including phenoxy) is 1. The van der Waals surface area contributed by atoms with E-state index in [1.165, 1.54) is 12.0 Å². The number of guanidine groups is 1. The standard InChI is InChI=1S/C31H35N5O4/c1-40-30(39)34-26(20-19-23-13-5-2-6-14-23)27(37)33-21-11-12-22-36-28(38)31(35-29(36)32,24-15-7-3-8-16-24)25-17-9-4-10-18-25/h2-10,13-18,26H,11-12,19-22H2,1H3,(H2,32,35)(H,33,37)(H,34,39)/t26-/m0/s1. The van der Waals surface area contributed by atoms with Gasteiger partial charge in [-0.2, -0.15) is 0 Å². The zero-order chi connectivity index (χ0) is 28.4. The van der Waals surface area contributed by atoms with Gasteiger partial charge in [-0.1, -0.05) is 91.0 Å². The molecule has 0 aliphatic carbocycles. The summed E-state index contributed by atoms with van der Waals surface area (Å²) in [5.41, 5.74) is 1.44. The van der Waals surface area contributed by atoms with Crippen LogP contribution in [0.1, 0.15) is 36.0 Å². The fourth-order valence-corrected chi connectivity index (χ4v) is 4.91. The molecule has 208 valence electrons. The first-order valence-electron chi connectivity index (χ1n) is 13.4. The molecular formula is C31H35N5O4. The summed E-state index contributed by atoms with van der Waals surface area (Å²) in [7, 11) is 1.26. The van der Waals surface area contributed by atoms with E-state index in [4.69, 9.17) is 10.1 Å². The molecule has 3 aromatic carbocycles. The van der Waals surface area contributed by atoms with Gasteiger partial charge in [-0.3, -0.25) is 19.9 Å². The minimum Gasteiger partial charge on any atom is -0.453 e. The van der Waals surface area contributed by atoms with Gasteiger partial charge in [-0.15, -0.1) is 0 Å². The number of nitrogens with zero attached hydrogens (tertiary/aromatic N) is 1. The number of nitrogens with one attached hydrogen (secondary N) is 4. The quantitative estimate of drug-likeness (QED) is 0.261. The van der Waals surface area contributed by atoms with Gasteiger partial charge in [0.1, 0.15) is 6.04 Å². The molecule has 0 radical (unpaired) electrons. The highest BCUT2D eigenvalue weighted by Gasteiger charge is 2.51. The lowest BCUT2D eigenvalue weighted by molar-refractivity contribution is -0.130. The number of carbonyl (C=O) groups excluding carboxylic acids is 3. The highest BCUT2D eigenvalue weighted by atomic mass is 16.5. The Bertz CT molecular complexity index is 1260. The molecule has 0 unspecified atom stereocenters. The number of hydrogen-bond donors (Lipinski definition) is 4. The van der Waals surface area contributed by atoms with Crippen LogP contribution in [0, 0.1) is 5.41 Å². The highest BCUT2D eigenvalue weighted by molar-refractivity contribution is 6.10. The largest absolute Gasteiger partial charge is 0.453 e. The van der Waals surface area contributed by atoms with Crippen molar-refractivity contribution in [2.45, 2.75) is 37.3 Å². The molecule has 40 heavy (non-hydrogen) atoms. The van der Waals surface area contributed by atoms with E-state index in [2.05, 4.69) is 16.0 Å². The molecule has 9 nitrogen and oxygen atoms in total. The molecule has 0 bridgehead atoms. The van der Waals surface area contributed by atoms with Crippen LogP contribution in [0.5, 0.6) is 0 Å². The molecule has 1 aliphatic rings. The SMILES string of the molecule is COC(=O)N[C@@H](CCc1ccccc1)C(=O)NCCCCN1C(=N)NC(c2ccccc2)(c2ccccc2)C1=O. The molecule has 4 rings (SSSR count). The lowest BCUT2D eigenvalue weighted by Crippen LogP contribution is -2.47. The molecule has 1 atom stereocenters. The third-order valence-corrected chi connectivity index (χ3v) is 7.02. The van der Waals surface area contributed by atoms with Crippen LogP contribution in [0.3, 0.4) is 0 Å². The number of rotatable bonds is 12. The first kappa shape index (κ1) is 28.4. The van der Waals surface area contributed by atoms with E-state index in [0.29, 0.717) is 38.8 Å². The van der Waals surface area contributed by atoms with Crippen molar-refractivity contribution in [2.75, 3.05) is 20.2 Å². The monoisotopic (exact) mass is 541 g/mol. The Morgan fingerprint density at radius 1 is 0.925 bits per heavy atom. The molecule has 3 amide bonds. The van der Waals surface area contributed by atoms with E-state index in [0.717, 1.165) is 16.7 Å². The molecule has 9 heteroatoms. The van der Waals surface area contributed by atoms with E-state index < -0.39 is 17.7 Å². The molecule has 0 saturated carbocycles. The summed E-state index contributed by atoms with van der Waals surface area (Å²) in [5.74, 6) is -0.452. The molecule has 1 aliphatic heterocycles. The Balaban J connectivity index is 1.33. The molecule has 3 aromatic rings. The Morgan fingerprint density at radius 3 is 2.08 bits per heavy atom. The molecule has 1 fully saturated rings. The maximum absolute atomic E-state index is 13.8. The number of unbranched alkanes of at least 4 members (excludes halogenated alkanes) is 1. The van der Waals surface area contributed by atoms with Crippen molar-refractivity contribution in [3.8, 4) is 0 Å². The summed E-state index contributed by atoms with van der Waals surface area (Å²) >= 11 is 0. The summed E-state index contributed by atoms with van der Waals surface area (Å²) in [6, 6.07) is 27.9. The number of aryl methyl sites for hydroxylation is 1. The Labute approximate surface area is 234 Å². The van der Waals surface area contributed by atoms with Crippen LogP contribution < -0.4 is 16.0 Å². The molecule has 4 N–H and O–H groups in total. The second kappa shape index (κ2) is 13.4. The van der Waals surface area contributed by atoms with E-state index in [9.17, 15) is 14.4 Å². The average Bonchev–Trinajstić information content (AvgIpc) is 3.26. The first-order valence-corrected chi connectivity index (χ1v) is 13.4. The van der Waals surface area contributed by atoms with Gasteiger partial charge in [-0.05, 0) is 42.4 Å². The number of hydrogen-bond acceptors (Lipinski definition) is 5. The third kappa shape index (κ3) is 6.48. The number of benzene rings is 3. The van der Waals surface area contributed by atoms with Crippen LogP contribution in [-0.4, -0.2) is 55.0 Å². The van der Waals surface area contributed by atoms with Crippen molar-refractivity contribution >= 4 is 23.9 Å². The predicted molar refractivity (Wildman–Crippen MR) is 153 cm³/mol. The number of alkyl carbamates (subject to hydrolysis) is 1. The normalized spacial score (nSPS) is 14.8. The summed E-state index contributed by atoms with van der Waals surface area (Å²) in [5, 5.41) is 17.2. The molecule has 1 saturated heterocycles. The van der Waals surface area contributed by atoms with E-state index in [1.807, 2.05) is 91.0 Å². The zero-order valence-electron chi connectivity index (χ0n) is 22.6. The van der Waals surface area contributed by atoms with Gasteiger partial charge in [-0.25, -0.2) is 4.79 Å². The summed E-state index contributed by atoms with van der Waals surface area (Å²) in [4.78, 5) is 39.9. The number of methoxy groups -OCH3 is 1. The Morgan fingerprint density at radius 2 is 1.50 bits per heavy atom. The van der Waals surface area contributed by atoms with Crippen molar-refractivity contribution in [1.29, 1.82) is 5.41 Å². The number of amides is 3. The highest BCUT2D eigenvalue weighted by Crippen LogP contribution is 2.35. The van der Waals surface area contributed by atoms with Gasteiger partial charge in [0.2, 0.25) is 5.91 Å². The smallest absolute Gasteiger partial charge is 0.407 e. The van der Waals surface area contributed by atoms with Crippen molar-refractivity contribution in [1.82, 2.24) is 20.9 Å². The van der Waals surface area contributed by atoms with Crippen molar-refractivity contribution in [3.63, 3.8) is 0 Å². The average molecular weight is 542 g/mol. The van der Waals surface area contributed by atoms with Crippen molar-refractivity contribution in [2.24, 2.45) is 0 Å². The second-order valence-electron chi connectivity index (χ2n) is 9.62. The van der Waals surface area contributed by atoms with Crippen LogP contribution in [0.25, 0.3) is 0 Å². The topological polar surface area (TPSA) is 124 Å². The summed E-state index contributed by atoms with van der Waals surface area (Å²) in [6.45, 7) is 0.703. The summed E-state index contributed by atoms with van der Waals surface area (Å²) < 4.78 is 4.69. The zero-order valence-corrected chi connectivity index (χ0v) is 22.6. The van der Waals surface area contributed by atoms with Crippen LogP contribution in [0.15, 0.2) is 91.0 Å². The van der Waals surface area contributed by atoms with Gasteiger partial charge in [0.15, 0.2) is 11.5 Å². The summed E-state index contributed by atoms with van der Waals surface area (Å²) in [6.07, 6.45) is 1.56. The molecule has 1 heterocycles. The fourth-order valence-electron chi connectivity index (χ4n) is 4.91. The lowest BCUT2D eigenvalue weighted by Gasteiger charge is -2.28. The van der Waals surface area contributed by atoms with Gasteiger partial charge in [0, 0.05) is 13.1 Å². The minimum atomic E-state index is -1.17. The van der Waals surface area contributed by atoms with Crippen LogP contribution >= 0.6 is 0 Å². The maximum Gasteiger partial charge on any atom is 0.407 e. The van der Waals surface area contributed by atoms with Crippen LogP contribution in [-0.2, 0) is 26.3 Å². The third-order valence-electron chi connectivity index (χ3n) is 7.02. The second-order valence-corrected chi connectivity index (χ2v) is 9.62. The Kier molecular flexibility index (Phi) is 9.51. The number of carbonyl (C=O) groups is 3. The maximum atomic E-state index is 13.8. The predicted octanol–water partition coefficient (Wildman–Crippen LogP) is 3.55. The van der Waals surface area contributed by atoms with Gasteiger partial charge in [0.05, 0.1) is 7.11 Å². The van der Waals surface area contributed by atoms with Crippen molar-refractivity contribution < 1.29 is 19.1 Å². The van der Waals surface area contributed by atoms with Gasteiger partial charge >= 0.3 is 6.09 Å². The lowest BCUT2D eigenvalue weighted by atomic mass is 9.82. The van der Waals surface area contributed by atoms with Gasteiger partial charge in [0.25, 0.3) is 5.91 Å². The van der Waals surface area contributed by atoms with E-state index >= 15 is 0 Å². The Hall–Kier alpha value is -4.66. The fraction of sp³-hybridized carbons (Fsp3) is 0.290. The van der Waals surface area contributed by atoms with E-state index in [1.54, 1.807) is 0 Å². The van der Waals surface area contributed by atoms with Crippen LogP contribution in [0.4, 0.5) is 4.79 Å². The minimum absolute atomic E-state index is 0.0463. The van der Waals surface area contributed by atoms with Gasteiger partial charge < -0.3 is 20.7 Å². The molecule has 0 aromatic heterocycles. The molecular weight excluding hydrogens is 506 g/mol. The first-order chi connectivity index (χ1) is 19.5. The van der Waals surface area contributed by atoms with Crippen LogP contribution in [0.2, 0.25) is 0 Å². The molecule has 0 spiro atoms.